The molecule has 0 saturated heterocycles. The van der Waals surface area contributed by atoms with Crippen molar-refractivity contribution in [1.29, 1.82) is 0 Å². The molecule has 1 N–H and O–H groups in total. The zero-order chi connectivity index (χ0) is 21.3. The lowest BCUT2D eigenvalue weighted by molar-refractivity contribution is -0.123. The van der Waals surface area contributed by atoms with E-state index in [1.165, 1.54) is 6.21 Å². The van der Waals surface area contributed by atoms with Crippen LogP contribution in [-0.4, -0.2) is 24.7 Å². The molecular formula is C24H22N2O4. The van der Waals surface area contributed by atoms with Crippen molar-refractivity contribution in [3.63, 3.8) is 0 Å². The van der Waals surface area contributed by atoms with Crippen LogP contribution in [-0.2, 0) is 4.79 Å². The number of rotatable bonds is 7. The van der Waals surface area contributed by atoms with Crippen LogP contribution in [0.5, 0.6) is 11.5 Å². The number of esters is 1. The van der Waals surface area contributed by atoms with Gasteiger partial charge in [0.25, 0.3) is 5.91 Å². The van der Waals surface area contributed by atoms with Crippen molar-refractivity contribution < 1.29 is 19.1 Å². The molecule has 0 radical (unpaired) electrons. The summed E-state index contributed by atoms with van der Waals surface area (Å²) in [5.74, 6) is 0.236. The molecule has 1 amide bonds. The molecule has 0 aliphatic heterocycles. The Bertz CT molecular complexity index is 1060. The Labute approximate surface area is 175 Å². The van der Waals surface area contributed by atoms with Crippen LogP contribution in [0.25, 0.3) is 0 Å². The van der Waals surface area contributed by atoms with Crippen molar-refractivity contribution in [2.24, 2.45) is 5.10 Å². The highest BCUT2D eigenvalue weighted by Crippen LogP contribution is 2.20. The summed E-state index contributed by atoms with van der Waals surface area (Å²) in [4.78, 5) is 24.1. The molecule has 0 saturated carbocycles. The number of aryl methyl sites for hydroxylation is 1. The summed E-state index contributed by atoms with van der Waals surface area (Å²) in [5.41, 5.74) is 5.65. The van der Waals surface area contributed by atoms with E-state index in [0.717, 1.165) is 11.1 Å². The molecular weight excluding hydrogens is 380 g/mol. The summed E-state index contributed by atoms with van der Waals surface area (Å²) in [6, 6.07) is 21.3. The molecule has 0 aliphatic carbocycles. The number of nitrogens with zero attached hydrogens (tertiary/aromatic N) is 1. The van der Waals surface area contributed by atoms with Crippen molar-refractivity contribution in [2.45, 2.75) is 13.8 Å². The minimum absolute atomic E-state index is 0.142. The predicted octanol–water partition coefficient (Wildman–Crippen LogP) is 4.05. The van der Waals surface area contributed by atoms with Crippen LogP contribution in [0.2, 0.25) is 0 Å². The minimum atomic E-state index is -0.443. The highest BCUT2D eigenvalue weighted by molar-refractivity contribution is 5.91. The molecule has 0 aliphatic rings. The van der Waals surface area contributed by atoms with Crippen LogP contribution in [0, 0.1) is 13.8 Å². The Morgan fingerprint density at radius 1 is 0.967 bits per heavy atom. The highest BCUT2D eigenvalue weighted by atomic mass is 16.5. The minimum Gasteiger partial charge on any atom is -0.483 e. The molecule has 3 aromatic carbocycles. The fourth-order valence-corrected chi connectivity index (χ4v) is 2.63. The normalized spacial score (nSPS) is 10.6. The third-order valence-corrected chi connectivity index (χ3v) is 4.39. The van der Waals surface area contributed by atoms with Gasteiger partial charge in [0.05, 0.1) is 11.8 Å². The van der Waals surface area contributed by atoms with Crippen LogP contribution < -0.4 is 14.9 Å². The monoisotopic (exact) mass is 402 g/mol. The molecule has 0 fully saturated rings. The summed E-state index contributed by atoms with van der Waals surface area (Å²) >= 11 is 0. The largest absolute Gasteiger partial charge is 0.483 e. The summed E-state index contributed by atoms with van der Waals surface area (Å²) in [5, 5.41) is 3.93. The first-order valence-corrected chi connectivity index (χ1v) is 9.41. The van der Waals surface area contributed by atoms with Gasteiger partial charge in [-0.25, -0.2) is 10.2 Å². The van der Waals surface area contributed by atoms with E-state index in [2.05, 4.69) is 10.5 Å². The number of nitrogens with one attached hydrogen (secondary N) is 1. The molecule has 0 aromatic heterocycles. The number of carbonyl (C=O) groups is 2. The predicted molar refractivity (Wildman–Crippen MR) is 115 cm³/mol. The van der Waals surface area contributed by atoms with E-state index in [1.807, 2.05) is 38.1 Å². The fourth-order valence-electron chi connectivity index (χ4n) is 2.63. The standard InChI is InChI=1S/C24H22N2O4/c1-17-8-6-13-22(18(17)2)29-16-23(27)26-25-15-19-9-7-12-21(14-19)30-24(28)20-10-4-3-5-11-20/h3-15H,16H2,1-2H3,(H,26,27)/b25-15+. The van der Waals surface area contributed by atoms with Crippen molar-refractivity contribution in [1.82, 2.24) is 5.43 Å². The van der Waals surface area contributed by atoms with Gasteiger partial charge in [-0.1, -0.05) is 42.5 Å². The molecule has 152 valence electrons. The highest BCUT2D eigenvalue weighted by Gasteiger charge is 2.08. The molecule has 6 heteroatoms. The Hall–Kier alpha value is -3.93. The van der Waals surface area contributed by atoms with Gasteiger partial charge in [-0.15, -0.1) is 0 Å². The first-order chi connectivity index (χ1) is 14.5. The van der Waals surface area contributed by atoms with Crippen molar-refractivity contribution in [3.05, 3.63) is 95.1 Å². The number of benzene rings is 3. The van der Waals surface area contributed by atoms with Crippen molar-refractivity contribution in [3.8, 4) is 11.5 Å². The van der Waals surface area contributed by atoms with E-state index in [4.69, 9.17) is 9.47 Å². The molecule has 6 nitrogen and oxygen atoms in total. The molecule has 0 atom stereocenters. The first-order valence-electron chi connectivity index (χ1n) is 9.41. The van der Waals surface area contributed by atoms with Crippen LogP contribution in [0.15, 0.2) is 77.9 Å². The zero-order valence-corrected chi connectivity index (χ0v) is 16.8. The van der Waals surface area contributed by atoms with Gasteiger partial charge in [0.2, 0.25) is 0 Å². The van der Waals surface area contributed by atoms with Gasteiger partial charge in [0.15, 0.2) is 6.61 Å². The third kappa shape index (κ3) is 5.78. The molecule has 3 aromatic rings. The molecule has 3 rings (SSSR count). The molecule has 0 spiro atoms. The number of hydrazone groups is 1. The number of carbonyl (C=O) groups excluding carboxylic acids is 2. The van der Waals surface area contributed by atoms with Gasteiger partial charge >= 0.3 is 5.97 Å². The lowest BCUT2D eigenvalue weighted by atomic mass is 10.1. The fraction of sp³-hybridized carbons (Fsp3) is 0.125. The second kappa shape index (κ2) is 10.0. The summed E-state index contributed by atoms with van der Waals surface area (Å²) < 4.78 is 10.9. The van der Waals surface area contributed by atoms with Gasteiger partial charge in [-0.05, 0) is 60.9 Å². The maximum atomic E-state index is 12.1. The topological polar surface area (TPSA) is 77.0 Å². The van der Waals surface area contributed by atoms with Gasteiger partial charge < -0.3 is 9.47 Å². The Kier molecular flexibility index (Phi) is 6.95. The van der Waals surface area contributed by atoms with E-state index in [1.54, 1.807) is 48.5 Å². The van der Waals surface area contributed by atoms with Gasteiger partial charge in [0.1, 0.15) is 11.5 Å². The maximum absolute atomic E-state index is 12.1. The summed E-state index contributed by atoms with van der Waals surface area (Å²) in [6.07, 6.45) is 1.47. The Balaban J connectivity index is 1.52. The van der Waals surface area contributed by atoms with E-state index >= 15 is 0 Å². The van der Waals surface area contributed by atoms with Crippen molar-refractivity contribution >= 4 is 18.1 Å². The summed E-state index contributed by atoms with van der Waals surface area (Å²) in [7, 11) is 0. The second-order valence-corrected chi connectivity index (χ2v) is 6.61. The summed E-state index contributed by atoms with van der Waals surface area (Å²) in [6.45, 7) is 3.78. The van der Waals surface area contributed by atoms with Crippen LogP contribution in [0.4, 0.5) is 0 Å². The van der Waals surface area contributed by atoms with Gasteiger partial charge in [0, 0.05) is 0 Å². The lowest BCUT2D eigenvalue weighted by Gasteiger charge is -2.09. The Morgan fingerprint density at radius 3 is 2.53 bits per heavy atom. The number of amides is 1. The van der Waals surface area contributed by atoms with E-state index < -0.39 is 5.97 Å². The zero-order valence-electron chi connectivity index (χ0n) is 16.8. The van der Waals surface area contributed by atoms with Gasteiger partial charge in [-0.2, -0.15) is 5.10 Å². The van der Waals surface area contributed by atoms with E-state index in [9.17, 15) is 9.59 Å². The molecule has 0 unspecified atom stereocenters. The molecule has 0 bridgehead atoms. The number of hydrogen-bond acceptors (Lipinski definition) is 5. The van der Waals surface area contributed by atoms with E-state index in [0.29, 0.717) is 22.6 Å². The molecule has 30 heavy (non-hydrogen) atoms. The Morgan fingerprint density at radius 2 is 1.73 bits per heavy atom. The van der Waals surface area contributed by atoms with Gasteiger partial charge in [-0.3, -0.25) is 4.79 Å². The second-order valence-electron chi connectivity index (χ2n) is 6.61. The average molecular weight is 402 g/mol. The third-order valence-electron chi connectivity index (χ3n) is 4.39. The quantitative estimate of drug-likeness (QED) is 0.280. The number of hydrogen-bond donors (Lipinski definition) is 1. The maximum Gasteiger partial charge on any atom is 0.343 e. The van der Waals surface area contributed by atoms with Crippen LogP contribution >= 0.6 is 0 Å². The average Bonchev–Trinajstić information content (AvgIpc) is 2.76. The van der Waals surface area contributed by atoms with Crippen molar-refractivity contribution in [2.75, 3.05) is 6.61 Å². The van der Waals surface area contributed by atoms with Crippen LogP contribution in [0.3, 0.4) is 0 Å². The molecule has 0 heterocycles. The van der Waals surface area contributed by atoms with Crippen LogP contribution in [0.1, 0.15) is 27.0 Å². The SMILES string of the molecule is Cc1cccc(OCC(=O)N/N=C/c2cccc(OC(=O)c3ccccc3)c2)c1C. The van der Waals surface area contributed by atoms with E-state index in [-0.39, 0.29) is 12.5 Å². The number of ether oxygens (including phenoxy) is 2. The smallest absolute Gasteiger partial charge is 0.343 e. The first kappa shape index (κ1) is 20.8. The lowest BCUT2D eigenvalue weighted by Crippen LogP contribution is -2.24.